The average Bonchev–Trinajstić information content (AvgIpc) is 3.16. The Labute approximate surface area is 134 Å². The number of ether oxygens (including phenoxy) is 1. The van der Waals surface area contributed by atoms with E-state index in [0.717, 1.165) is 43.3 Å². The van der Waals surface area contributed by atoms with E-state index in [1.54, 1.807) is 6.20 Å². The van der Waals surface area contributed by atoms with Crippen molar-refractivity contribution in [3.8, 4) is 0 Å². The lowest BCUT2D eigenvalue weighted by atomic mass is 10.0. The molecule has 1 fully saturated rings. The maximum Gasteiger partial charge on any atom is 0.226 e. The molecule has 2 atom stereocenters. The van der Waals surface area contributed by atoms with Crippen LogP contribution in [0.3, 0.4) is 0 Å². The maximum atomic E-state index is 5.94. The summed E-state index contributed by atoms with van der Waals surface area (Å²) in [6, 6.07) is 0.219. The zero-order valence-corrected chi connectivity index (χ0v) is 13.6. The third-order valence-electron chi connectivity index (χ3n) is 4.47. The van der Waals surface area contributed by atoms with Crippen LogP contribution >= 0.6 is 0 Å². The van der Waals surface area contributed by atoms with Gasteiger partial charge in [-0.05, 0) is 12.3 Å². The molecule has 0 amide bonds. The van der Waals surface area contributed by atoms with E-state index < -0.39 is 0 Å². The molecule has 0 spiro atoms. The molecule has 2 aromatic heterocycles. The molecule has 2 aromatic rings. The number of fused-ring (bicyclic) bond motifs is 3. The lowest BCUT2D eigenvalue weighted by Crippen LogP contribution is -2.47. The van der Waals surface area contributed by atoms with Gasteiger partial charge in [0.25, 0.3) is 0 Å². The number of piperidine rings is 1. The van der Waals surface area contributed by atoms with Crippen LogP contribution in [0, 0.1) is 5.92 Å². The van der Waals surface area contributed by atoms with Crippen molar-refractivity contribution < 1.29 is 9.26 Å². The van der Waals surface area contributed by atoms with Crippen LogP contribution in [0.5, 0.6) is 0 Å². The summed E-state index contributed by atoms with van der Waals surface area (Å²) in [5, 5.41) is 12.3. The minimum atomic E-state index is 0.219. The number of nitrogens with zero attached hydrogens (tertiary/aromatic N) is 6. The Balaban J connectivity index is 1.43. The van der Waals surface area contributed by atoms with Crippen molar-refractivity contribution in [3.05, 3.63) is 23.6 Å². The third kappa shape index (κ3) is 3.00. The van der Waals surface area contributed by atoms with Crippen molar-refractivity contribution in [2.75, 3.05) is 13.1 Å². The fraction of sp³-hybridized carbons (Fsp3) is 0.733. The number of likely N-dealkylation sites (tertiary alicyclic amines) is 1. The fourth-order valence-corrected chi connectivity index (χ4v) is 3.37. The van der Waals surface area contributed by atoms with Crippen LogP contribution in [-0.2, 0) is 24.3 Å². The van der Waals surface area contributed by atoms with Gasteiger partial charge in [-0.25, -0.2) is 4.68 Å². The Kier molecular flexibility index (Phi) is 3.86. The first-order valence-corrected chi connectivity index (χ1v) is 8.23. The van der Waals surface area contributed by atoms with Crippen molar-refractivity contribution >= 4 is 0 Å². The molecule has 8 nitrogen and oxygen atoms in total. The second-order valence-corrected chi connectivity index (χ2v) is 6.81. The smallest absolute Gasteiger partial charge is 0.226 e. The standard InChI is InChI=1S/C15H22N6O2/c1-10(2)5-15-17-14(18-23-15)8-20-4-3-13-12(7-20)21-11(9-22-13)6-16-19-21/h6,10,12-13H,3-5,7-9H2,1-2H3. The second kappa shape index (κ2) is 6.01. The molecule has 0 radical (unpaired) electrons. The topological polar surface area (TPSA) is 82.1 Å². The van der Waals surface area contributed by atoms with E-state index >= 15 is 0 Å². The van der Waals surface area contributed by atoms with Gasteiger partial charge in [-0.15, -0.1) is 5.10 Å². The Morgan fingerprint density at radius 2 is 2.30 bits per heavy atom. The van der Waals surface area contributed by atoms with E-state index in [-0.39, 0.29) is 12.1 Å². The highest BCUT2D eigenvalue weighted by molar-refractivity contribution is 5.01. The molecule has 2 aliphatic heterocycles. The van der Waals surface area contributed by atoms with Gasteiger partial charge in [-0.2, -0.15) is 4.98 Å². The summed E-state index contributed by atoms with van der Waals surface area (Å²) in [6.45, 7) is 7.45. The summed E-state index contributed by atoms with van der Waals surface area (Å²) in [5.74, 6) is 2.00. The maximum absolute atomic E-state index is 5.94. The van der Waals surface area contributed by atoms with Crippen molar-refractivity contribution in [3.63, 3.8) is 0 Å². The monoisotopic (exact) mass is 318 g/mol. The van der Waals surface area contributed by atoms with Gasteiger partial charge in [-0.1, -0.05) is 24.2 Å². The molecular formula is C15H22N6O2. The first kappa shape index (κ1) is 14.8. The molecule has 2 aliphatic rings. The molecule has 124 valence electrons. The normalized spacial score (nSPS) is 24.7. The summed E-state index contributed by atoms with van der Waals surface area (Å²) in [7, 11) is 0. The first-order valence-electron chi connectivity index (χ1n) is 8.23. The third-order valence-corrected chi connectivity index (χ3v) is 4.47. The molecule has 1 saturated heterocycles. The minimum Gasteiger partial charge on any atom is -0.370 e. The van der Waals surface area contributed by atoms with Crippen LogP contribution < -0.4 is 0 Å². The zero-order valence-electron chi connectivity index (χ0n) is 13.6. The zero-order chi connectivity index (χ0) is 15.8. The van der Waals surface area contributed by atoms with Gasteiger partial charge in [0.05, 0.1) is 37.2 Å². The van der Waals surface area contributed by atoms with E-state index in [2.05, 4.69) is 39.2 Å². The SMILES string of the molecule is CC(C)Cc1nc(CN2CCC3OCc4cnnn4C3C2)no1. The van der Waals surface area contributed by atoms with E-state index in [9.17, 15) is 0 Å². The predicted octanol–water partition coefficient (Wildman–Crippen LogP) is 1.21. The van der Waals surface area contributed by atoms with Crippen LogP contribution in [0.4, 0.5) is 0 Å². The van der Waals surface area contributed by atoms with Crippen LogP contribution in [0.1, 0.15) is 43.7 Å². The molecule has 0 aromatic carbocycles. The summed E-state index contributed by atoms with van der Waals surface area (Å²) >= 11 is 0. The molecule has 2 unspecified atom stereocenters. The summed E-state index contributed by atoms with van der Waals surface area (Å²) < 4.78 is 13.3. The first-order chi connectivity index (χ1) is 11.2. The van der Waals surface area contributed by atoms with E-state index in [0.29, 0.717) is 19.1 Å². The van der Waals surface area contributed by atoms with E-state index in [4.69, 9.17) is 9.26 Å². The van der Waals surface area contributed by atoms with Gasteiger partial charge in [0, 0.05) is 19.5 Å². The fourth-order valence-electron chi connectivity index (χ4n) is 3.37. The second-order valence-electron chi connectivity index (χ2n) is 6.81. The number of hydrogen-bond donors (Lipinski definition) is 0. The summed E-state index contributed by atoms with van der Waals surface area (Å²) in [5.41, 5.74) is 1.05. The lowest BCUT2D eigenvalue weighted by molar-refractivity contribution is -0.0673. The van der Waals surface area contributed by atoms with Crippen molar-refractivity contribution in [2.24, 2.45) is 5.92 Å². The Hall–Kier alpha value is -1.80. The lowest BCUT2D eigenvalue weighted by Gasteiger charge is -2.40. The number of aromatic nitrogens is 5. The largest absolute Gasteiger partial charge is 0.370 e. The molecule has 4 rings (SSSR count). The molecule has 0 saturated carbocycles. The van der Waals surface area contributed by atoms with Crippen LogP contribution in [0.25, 0.3) is 0 Å². The van der Waals surface area contributed by atoms with E-state index in [1.165, 1.54) is 0 Å². The average molecular weight is 318 g/mol. The Morgan fingerprint density at radius 1 is 1.39 bits per heavy atom. The highest BCUT2D eigenvalue weighted by Crippen LogP contribution is 2.30. The molecule has 0 N–H and O–H groups in total. The molecule has 8 heteroatoms. The summed E-state index contributed by atoms with van der Waals surface area (Å²) in [4.78, 5) is 6.84. The van der Waals surface area contributed by atoms with Crippen LogP contribution in [0.2, 0.25) is 0 Å². The highest BCUT2D eigenvalue weighted by atomic mass is 16.5. The van der Waals surface area contributed by atoms with Gasteiger partial charge in [0.1, 0.15) is 0 Å². The molecule has 0 aliphatic carbocycles. The predicted molar refractivity (Wildman–Crippen MR) is 80.4 cm³/mol. The van der Waals surface area contributed by atoms with Crippen molar-refractivity contribution in [1.82, 2.24) is 30.0 Å². The van der Waals surface area contributed by atoms with Gasteiger partial charge >= 0.3 is 0 Å². The van der Waals surface area contributed by atoms with Crippen LogP contribution in [0.15, 0.2) is 10.7 Å². The van der Waals surface area contributed by atoms with Crippen molar-refractivity contribution in [1.29, 1.82) is 0 Å². The Morgan fingerprint density at radius 3 is 3.17 bits per heavy atom. The van der Waals surface area contributed by atoms with Gasteiger partial charge < -0.3 is 9.26 Å². The molecule has 4 heterocycles. The molecule has 0 bridgehead atoms. The highest BCUT2D eigenvalue weighted by Gasteiger charge is 2.36. The molecular weight excluding hydrogens is 296 g/mol. The quantitative estimate of drug-likeness (QED) is 0.838. The summed E-state index contributed by atoms with van der Waals surface area (Å²) in [6.07, 6.45) is 3.82. The van der Waals surface area contributed by atoms with Crippen LogP contribution in [-0.4, -0.2) is 49.2 Å². The van der Waals surface area contributed by atoms with Crippen molar-refractivity contribution in [2.45, 2.75) is 52.0 Å². The molecule has 23 heavy (non-hydrogen) atoms. The van der Waals surface area contributed by atoms with Gasteiger partial charge in [0.15, 0.2) is 5.82 Å². The minimum absolute atomic E-state index is 0.219. The van der Waals surface area contributed by atoms with Gasteiger partial charge in [0.2, 0.25) is 5.89 Å². The number of rotatable bonds is 4. The van der Waals surface area contributed by atoms with Gasteiger partial charge in [-0.3, -0.25) is 4.90 Å². The Bertz CT molecular complexity index is 666. The number of hydrogen-bond acceptors (Lipinski definition) is 7. The van der Waals surface area contributed by atoms with E-state index in [1.807, 2.05) is 4.68 Å².